The Hall–Kier alpha value is -2.87. The molecule has 3 rings (SSSR count). The first-order valence-corrected chi connectivity index (χ1v) is 11.5. The van der Waals surface area contributed by atoms with Crippen molar-refractivity contribution in [3.8, 4) is 5.75 Å². The fourth-order valence-electron chi connectivity index (χ4n) is 3.53. The van der Waals surface area contributed by atoms with Crippen molar-refractivity contribution in [1.29, 1.82) is 0 Å². The highest BCUT2D eigenvalue weighted by Crippen LogP contribution is 2.27. The van der Waals surface area contributed by atoms with Gasteiger partial charge in [0.05, 0.1) is 17.1 Å². The molecule has 0 radical (unpaired) electrons. The van der Waals surface area contributed by atoms with Gasteiger partial charge in [0.25, 0.3) is 5.91 Å². The van der Waals surface area contributed by atoms with Crippen LogP contribution >= 0.6 is 0 Å². The predicted octanol–water partition coefficient (Wildman–Crippen LogP) is 2.51. The molecule has 1 aliphatic rings. The van der Waals surface area contributed by atoms with Crippen molar-refractivity contribution >= 4 is 27.4 Å². The van der Waals surface area contributed by atoms with Crippen molar-refractivity contribution in [2.75, 3.05) is 30.5 Å². The van der Waals surface area contributed by atoms with E-state index in [1.54, 1.807) is 29.2 Å². The predicted molar refractivity (Wildman–Crippen MR) is 115 cm³/mol. The highest BCUT2D eigenvalue weighted by Gasteiger charge is 2.35. The Morgan fingerprint density at radius 3 is 2.30 bits per heavy atom. The quantitative estimate of drug-likeness (QED) is 0.517. The summed E-state index contributed by atoms with van der Waals surface area (Å²) in [5.74, 6) is -0.712. The lowest BCUT2D eigenvalue weighted by atomic mass is 10.1. The second-order valence-electron chi connectivity index (χ2n) is 7.64. The van der Waals surface area contributed by atoms with Crippen LogP contribution in [0.3, 0.4) is 0 Å². The monoisotopic (exact) mass is 430 g/mol. The molecule has 0 spiro atoms. The average Bonchev–Trinajstić information content (AvgIpc) is 3.05. The molecule has 0 bridgehead atoms. The molecule has 160 valence electrons. The molecule has 1 aliphatic heterocycles. The summed E-state index contributed by atoms with van der Waals surface area (Å²) >= 11 is 0. The zero-order valence-electron chi connectivity index (χ0n) is 17.4. The van der Waals surface area contributed by atoms with Gasteiger partial charge in [-0.1, -0.05) is 24.3 Å². The van der Waals surface area contributed by atoms with E-state index in [4.69, 9.17) is 4.74 Å². The molecule has 2 aromatic rings. The number of ether oxygens (including phenoxy) is 1. The molecule has 0 saturated carbocycles. The van der Waals surface area contributed by atoms with Gasteiger partial charge >= 0.3 is 5.97 Å². The Labute approximate surface area is 177 Å². The smallest absolute Gasteiger partial charge is 0.308 e. The van der Waals surface area contributed by atoms with Gasteiger partial charge in [0.1, 0.15) is 5.75 Å². The van der Waals surface area contributed by atoms with E-state index in [0.717, 1.165) is 11.3 Å². The highest BCUT2D eigenvalue weighted by atomic mass is 32.2. The zero-order chi connectivity index (χ0) is 21.9. The molecule has 1 saturated heterocycles. The van der Waals surface area contributed by atoms with E-state index >= 15 is 0 Å². The molecule has 1 unspecified atom stereocenters. The summed E-state index contributed by atoms with van der Waals surface area (Å²) in [6, 6.07) is 13.9. The van der Waals surface area contributed by atoms with E-state index in [1.165, 1.54) is 6.92 Å². The number of esters is 1. The summed E-state index contributed by atoms with van der Waals surface area (Å²) in [4.78, 5) is 28.5. The highest BCUT2D eigenvalue weighted by molar-refractivity contribution is 7.91. The second kappa shape index (κ2) is 8.87. The summed E-state index contributed by atoms with van der Waals surface area (Å²) in [5, 5.41) is 0. The van der Waals surface area contributed by atoms with Gasteiger partial charge in [0.2, 0.25) is 0 Å². The van der Waals surface area contributed by atoms with Gasteiger partial charge in [-0.05, 0) is 36.2 Å². The summed E-state index contributed by atoms with van der Waals surface area (Å²) in [5.41, 5.74) is 2.16. The van der Waals surface area contributed by atoms with Gasteiger partial charge in [0.15, 0.2) is 9.84 Å². The number of anilines is 1. The third-order valence-electron chi connectivity index (χ3n) is 5.09. The number of sulfone groups is 1. The fraction of sp³-hybridized carbons (Fsp3) is 0.364. The number of carbonyl (C=O) groups excluding carboxylic acids is 2. The van der Waals surface area contributed by atoms with Gasteiger partial charge < -0.3 is 14.5 Å². The first-order valence-electron chi connectivity index (χ1n) is 9.71. The standard InChI is InChI=1S/C22H26N2O5S/c1-16(25)29-21-7-5-4-6-20(21)22(26)24(19-12-13-30(27,28)15-19)14-17-8-10-18(11-9-17)23(2)3/h4-11,19H,12-15H2,1-3H3. The number of amides is 1. The molecular weight excluding hydrogens is 404 g/mol. The van der Waals surface area contributed by atoms with Gasteiger partial charge in [-0.2, -0.15) is 0 Å². The fourth-order valence-corrected chi connectivity index (χ4v) is 5.26. The number of carbonyl (C=O) groups is 2. The van der Waals surface area contributed by atoms with Crippen LogP contribution in [0.15, 0.2) is 48.5 Å². The van der Waals surface area contributed by atoms with E-state index in [1.807, 2.05) is 43.3 Å². The number of nitrogens with zero attached hydrogens (tertiary/aromatic N) is 2. The van der Waals surface area contributed by atoms with Crippen molar-refractivity contribution in [3.05, 3.63) is 59.7 Å². The molecule has 2 aromatic carbocycles. The van der Waals surface area contributed by atoms with Crippen molar-refractivity contribution < 1.29 is 22.7 Å². The number of hydrogen-bond acceptors (Lipinski definition) is 6. The summed E-state index contributed by atoms with van der Waals surface area (Å²) < 4.78 is 29.4. The molecule has 30 heavy (non-hydrogen) atoms. The van der Waals surface area contributed by atoms with E-state index < -0.39 is 21.8 Å². The van der Waals surface area contributed by atoms with Crippen LogP contribution in [0.25, 0.3) is 0 Å². The average molecular weight is 431 g/mol. The minimum Gasteiger partial charge on any atom is -0.426 e. The minimum atomic E-state index is -3.18. The van der Waals surface area contributed by atoms with Crippen molar-refractivity contribution in [3.63, 3.8) is 0 Å². The SMILES string of the molecule is CC(=O)Oc1ccccc1C(=O)N(Cc1ccc(N(C)C)cc1)C1CCS(=O)(=O)C1. The molecule has 1 fully saturated rings. The maximum atomic E-state index is 13.5. The second-order valence-corrected chi connectivity index (χ2v) is 9.87. The van der Waals surface area contributed by atoms with Crippen LogP contribution in [0.4, 0.5) is 5.69 Å². The summed E-state index contributed by atoms with van der Waals surface area (Å²) in [7, 11) is 0.708. The largest absolute Gasteiger partial charge is 0.426 e. The van der Waals surface area contributed by atoms with Gasteiger partial charge in [-0.15, -0.1) is 0 Å². The Morgan fingerprint density at radius 2 is 1.73 bits per heavy atom. The molecule has 7 nitrogen and oxygen atoms in total. The Kier molecular flexibility index (Phi) is 6.45. The molecule has 1 heterocycles. The molecule has 8 heteroatoms. The minimum absolute atomic E-state index is 0.0621. The molecular formula is C22H26N2O5S. The lowest BCUT2D eigenvalue weighted by Gasteiger charge is -2.29. The Bertz CT molecular complexity index is 1030. The van der Waals surface area contributed by atoms with Crippen LogP contribution in [0, 0.1) is 0 Å². The summed E-state index contributed by atoms with van der Waals surface area (Å²) in [6.07, 6.45) is 0.388. The van der Waals surface area contributed by atoms with Crippen LogP contribution in [0.1, 0.15) is 29.3 Å². The van der Waals surface area contributed by atoms with Crippen LogP contribution in [-0.2, 0) is 21.2 Å². The van der Waals surface area contributed by atoms with Gasteiger partial charge in [-0.3, -0.25) is 9.59 Å². The van der Waals surface area contributed by atoms with E-state index in [9.17, 15) is 18.0 Å². The van der Waals surface area contributed by atoms with Crippen LogP contribution in [0.5, 0.6) is 5.75 Å². The van der Waals surface area contributed by atoms with E-state index in [0.29, 0.717) is 6.42 Å². The van der Waals surface area contributed by atoms with Gasteiger partial charge in [0, 0.05) is 39.3 Å². The lowest BCUT2D eigenvalue weighted by molar-refractivity contribution is -0.131. The zero-order valence-corrected chi connectivity index (χ0v) is 18.2. The van der Waals surface area contributed by atoms with Crippen molar-refractivity contribution in [2.24, 2.45) is 0 Å². The number of para-hydroxylation sites is 1. The Balaban J connectivity index is 1.94. The molecule has 0 aliphatic carbocycles. The molecule has 1 amide bonds. The molecule has 0 N–H and O–H groups in total. The van der Waals surface area contributed by atoms with E-state index in [-0.39, 0.29) is 35.3 Å². The third-order valence-corrected chi connectivity index (χ3v) is 6.84. The first-order chi connectivity index (χ1) is 14.2. The molecule has 0 aromatic heterocycles. The van der Waals surface area contributed by atoms with E-state index in [2.05, 4.69) is 0 Å². The van der Waals surface area contributed by atoms with Crippen molar-refractivity contribution in [2.45, 2.75) is 25.9 Å². The topological polar surface area (TPSA) is 84.0 Å². The Morgan fingerprint density at radius 1 is 1.07 bits per heavy atom. The first kappa shape index (κ1) is 21.8. The summed E-state index contributed by atoms with van der Waals surface area (Å²) in [6.45, 7) is 1.54. The number of hydrogen-bond donors (Lipinski definition) is 0. The maximum Gasteiger partial charge on any atom is 0.308 e. The third kappa shape index (κ3) is 5.18. The number of rotatable bonds is 6. The van der Waals surface area contributed by atoms with Crippen LogP contribution < -0.4 is 9.64 Å². The normalized spacial score (nSPS) is 17.4. The van der Waals surface area contributed by atoms with Gasteiger partial charge in [-0.25, -0.2) is 8.42 Å². The van der Waals surface area contributed by atoms with Crippen LogP contribution in [0.2, 0.25) is 0 Å². The van der Waals surface area contributed by atoms with Crippen molar-refractivity contribution in [1.82, 2.24) is 4.90 Å². The molecule has 1 atom stereocenters. The number of benzene rings is 2. The van der Waals surface area contributed by atoms with Crippen LogP contribution in [-0.4, -0.2) is 56.8 Å². The maximum absolute atomic E-state index is 13.5. The lowest BCUT2D eigenvalue weighted by Crippen LogP contribution is -2.40.